The predicted octanol–water partition coefficient (Wildman–Crippen LogP) is 4.72. The van der Waals surface area contributed by atoms with Gasteiger partial charge in [0, 0.05) is 29.6 Å². The zero-order valence-electron chi connectivity index (χ0n) is 13.0. The lowest BCUT2D eigenvalue weighted by atomic mass is 9.93. The number of rotatable bonds is 4. The van der Waals surface area contributed by atoms with Gasteiger partial charge in [-0.25, -0.2) is 0 Å². The molecule has 0 radical (unpaired) electrons. The molecule has 0 bridgehead atoms. The van der Waals surface area contributed by atoms with Crippen LogP contribution in [0.25, 0.3) is 0 Å². The summed E-state index contributed by atoms with van der Waals surface area (Å²) in [4.78, 5) is 0. The molecule has 0 aromatic heterocycles. The molecular weight excluding hydrogens is 282 g/mol. The van der Waals surface area contributed by atoms with E-state index in [0.717, 1.165) is 36.3 Å². The molecule has 2 nitrogen and oxygen atoms in total. The molecule has 1 N–H and O–H groups in total. The van der Waals surface area contributed by atoms with E-state index >= 15 is 0 Å². The summed E-state index contributed by atoms with van der Waals surface area (Å²) in [5.41, 5.74) is 2.48. The second-order valence-corrected chi connectivity index (χ2v) is 7.01. The molecule has 0 amide bonds. The standard InChI is InChI=1S/C18H26ClNO/c1-13(14-6-4-2-3-5-7-14)20-12-16-11-17(19)10-15-8-9-21-18(15)16/h10-11,13-14,20H,2-9,12H2,1H3/t13-/m0/s1. The summed E-state index contributed by atoms with van der Waals surface area (Å²) in [5.74, 6) is 1.89. The van der Waals surface area contributed by atoms with E-state index in [1.54, 1.807) is 0 Å². The molecule has 0 spiro atoms. The van der Waals surface area contributed by atoms with Gasteiger partial charge in [0.2, 0.25) is 0 Å². The van der Waals surface area contributed by atoms with Crippen LogP contribution in [0.15, 0.2) is 12.1 Å². The number of benzene rings is 1. The third-order valence-electron chi connectivity index (χ3n) is 5.05. The van der Waals surface area contributed by atoms with Crippen LogP contribution in [-0.2, 0) is 13.0 Å². The Hall–Kier alpha value is -0.730. The van der Waals surface area contributed by atoms with Gasteiger partial charge in [0.15, 0.2) is 0 Å². The van der Waals surface area contributed by atoms with Gasteiger partial charge >= 0.3 is 0 Å². The van der Waals surface area contributed by atoms with Crippen LogP contribution in [0.2, 0.25) is 5.02 Å². The van der Waals surface area contributed by atoms with Crippen molar-refractivity contribution in [1.82, 2.24) is 5.32 Å². The summed E-state index contributed by atoms with van der Waals surface area (Å²) in [6.45, 7) is 3.99. The van der Waals surface area contributed by atoms with Crippen LogP contribution in [0.1, 0.15) is 56.6 Å². The molecule has 1 aliphatic carbocycles. The quantitative estimate of drug-likeness (QED) is 0.812. The molecule has 1 heterocycles. The molecule has 3 rings (SSSR count). The first-order chi connectivity index (χ1) is 10.2. The van der Waals surface area contributed by atoms with Crippen molar-refractivity contribution in [2.75, 3.05) is 6.61 Å². The number of halogens is 1. The number of hydrogen-bond donors (Lipinski definition) is 1. The third kappa shape index (κ3) is 3.73. The Morgan fingerprint density at radius 1 is 1.24 bits per heavy atom. The van der Waals surface area contributed by atoms with Crippen molar-refractivity contribution >= 4 is 11.6 Å². The van der Waals surface area contributed by atoms with Crippen molar-refractivity contribution in [3.05, 3.63) is 28.3 Å². The van der Waals surface area contributed by atoms with Crippen LogP contribution in [0, 0.1) is 5.92 Å². The van der Waals surface area contributed by atoms with Crippen LogP contribution >= 0.6 is 11.6 Å². The van der Waals surface area contributed by atoms with E-state index < -0.39 is 0 Å². The highest BCUT2D eigenvalue weighted by Gasteiger charge is 2.21. The fourth-order valence-electron chi connectivity index (χ4n) is 3.73. The summed E-state index contributed by atoms with van der Waals surface area (Å²) in [5, 5.41) is 4.55. The summed E-state index contributed by atoms with van der Waals surface area (Å²) in [6.07, 6.45) is 9.36. The fraction of sp³-hybridized carbons (Fsp3) is 0.667. The van der Waals surface area contributed by atoms with Crippen LogP contribution in [0.4, 0.5) is 0 Å². The molecule has 1 atom stereocenters. The van der Waals surface area contributed by atoms with Gasteiger partial charge in [-0.1, -0.05) is 37.3 Å². The van der Waals surface area contributed by atoms with E-state index in [0.29, 0.717) is 6.04 Å². The van der Waals surface area contributed by atoms with Crippen molar-refractivity contribution in [2.24, 2.45) is 5.92 Å². The molecule has 1 aromatic rings. The van der Waals surface area contributed by atoms with Crippen LogP contribution < -0.4 is 10.1 Å². The molecule has 1 aliphatic heterocycles. The van der Waals surface area contributed by atoms with Crippen LogP contribution in [-0.4, -0.2) is 12.6 Å². The maximum Gasteiger partial charge on any atom is 0.127 e. The van der Waals surface area contributed by atoms with Gasteiger partial charge in [-0.2, -0.15) is 0 Å². The predicted molar refractivity (Wildman–Crippen MR) is 88.1 cm³/mol. The number of nitrogens with one attached hydrogen (secondary N) is 1. The van der Waals surface area contributed by atoms with Gasteiger partial charge in [-0.15, -0.1) is 0 Å². The lowest BCUT2D eigenvalue weighted by molar-refractivity contribution is 0.329. The van der Waals surface area contributed by atoms with E-state index in [4.69, 9.17) is 16.3 Å². The van der Waals surface area contributed by atoms with Gasteiger partial charge in [0.25, 0.3) is 0 Å². The Morgan fingerprint density at radius 3 is 2.76 bits per heavy atom. The van der Waals surface area contributed by atoms with Crippen molar-refractivity contribution < 1.29 is 4.74 Å². The Balaban J connectivity index is 1.62. The number of fused-ring (bicyclic) bond motifs is 1. The lowest BCUT2D eigenvalue weighted by Gasteiger charge is -2.24. The highest BCUT2D eigenvalue weighted by atomic mass is 35.5. The molecule has 0 saturated heterocycles. The van der Waals surface area contributed by atoms with Crippen molar-refractivity contribution in [2.45, 2.75) is 64.5 Å². The summed E-state index contributed by atoms with van der Waals surface area (Å²) >= 11 is 6.23. The van der Waals surface area contributed by atoms with E-state index in [-0.39, 0.29) is 0 Å². The molecule has 1 saturated carbocycles. The second-order valence-electron chi connectivity index (χ2n) is 6.57. The molecule has 2 aliphatic rings. The maximum absolute atomic E-state index is 6.23. The summed E-state index contributed by atoms with van der Waals surface area (Å²) < 4.78 is 5.78. The van der Waals surface area contributed by atoms with Crippen LogP contribution in [0.5, 0.6) is 5.75 Å². The molecule has 3 heteroatoms. The van der Waals surface area contributed by atoms with Crippen molar-refractivity contribution in [3.63, 3.8) is 0 Å². The largest absolute Gasteiger partial charge is 0.493 e. The van der Waals surface area contributed by atoms with Gasteiger partial charge in [-0.05, 0) is 43.4 Å². The van der Waals surface area contributed by atoms with E-state index in [1.807, 2.05) is 6.07 Å². The maximum atomic E-state index is 6.23. The average molecular weight is 308 g/mol. The first kappa shape index (κ1) is 15.2. The summed E-state index contributed by atoms with van der Waals surface area (Å²) in [7, 11) is 0. The molecule has 1 aromatic carbocycles. The Kier molecular flexibility index (Phi) is 5.07. The van der Waals surface area contributed by atoms with E-state index in [1.165, 1.54) is 49.7 Å². The van der Waals surface area contributed by atoms with E-state index in [2.05, 4.69) is 18.3 Å². The van der Waals surface area contributed by atoms with Gasteiger partial charge < -0.3 is 10.1 Å². The minimum Gasteiger partial charge on any atom is -0.493 e. The van der Waals surface area contributed by atoms with E-state index in [9.17, 15) is 0 Å². The summed E-state index contributed by atoms with van der Waals surface area (Å²) in [6, 6.07) is 4.67. The second kappa shape index (κ2) is 7.02. The number of ether oxygens (including phenoxy) is 1. The normalized spacial score (nSPS) is 20.7. The fourth-order valence-corrected chi connectivity index (χ4v) is 3.99. The zero-order chi connectivity index (χ0) is 14.7. The Labute approximate surface area is 133 Å². The average Bonchev–Trinajstić information content (AvgIpc) is 2.77. The molecule has 1 fully saturated rings. The Morgan fingerprint density at radius 2 is 2.00 bits per heavy atom. The zero-order valence-corrected chi connectivity index (χ0v) is 13.7. The SMILES string of the molecule is C[C@H](NCc1cc(Cl)cc2c1OCC2)C1CCCCCC1. The van der Waals surface area contributed by atoms with Gasteiger partial charge in [-0.3, -0.25) is 0 Å². The van der Waals surface area contributed by atoms with Gasteiger partial charge in [0.1, 0.15) is 5.75 Å². The highest BCUT2D eigenvalue weighted by molar-refractivity contribution is 6.30. The lowest BCUT2D eigenvalue weighted by Crippen LogP contribution is -2.33. The third-order valence-corrected chi connectivity index (χ3v) is 5.26. The molecule has 0 unspecified atom stereocenters. The minimum atomic E-state index is 0.569. The molecule has 116 valence electrons. The van der Waals surface area contributed by atoms with Crippen LogP contribution in [0.3, 0.4) is 0 Å². The molecular formula is C18H26ClNO. The first-order valence-electron chi connectivity index (χ1n) is 8.41. The first-order valence-corrected chi connectivity index (χ1v) is 8.79. The monoisotopic (exact) mass is 307 g/mol. The Bertz CT molecular complexity index is 480. The smallest absolute Gasteiger partial charge is 0.127 e. The highest BCUT2D eigenvalue weighted by Crippen LogP contribution is 2.33. The minimum absolute atomic E-state index is 0.569. The van der Waals surface area contributed by atoms with Crippen molar-refractivity contribution in [1.29, 1.82) is 0 Å². The topological polar surface area (TPSA) is 21.3 Å². The van der Waals surface area contributed by atoms with Crippen molar-refractivity contribution in [3.8, 4) is 5.75 Å². The molecule has 21 heavy (non-hydrogen) atoms. The number of hydrogen-bond acceptors (Lipinski definition) is 2. The van der Waals surface area contributed by atoms with Gasteiger partial charge in [0.05, 0.1) is 6.61 Å².